The zero-order valence-electron chi connectivity index (χ0n) is 15.5. The van der Waals surface area contributed by atoms with E-state index in [1.807, 2.05) is 30.3 Å². The molecule has 6 nitrogen and oxygen atoms in total. The third kappa shape index (κ3) is 4.53. The Labute approximate surface area is 158 Å². The Morgan fingerprint density at radius 3 is 2.37 bits per heavy atom. The second-order valence-electron chi connectivity index (χ2n) is 6.93. The number of hydrogen-bond acceptors (Lipinski definition) is 3. The molecule has 0 aliphatic carbocycles. The zero-order chi connectivity index (χ0) is 19.4. The van der Waals surface area contributed by atoms with Crippen molar-refractivity contribution in [3.05, 3.63) is 65.7 Å². The molecule has 1 aliphatic heterocycles. The maximum atomic E-state index is 12.5. The number of carbonyl (C=O) groups is 3. The van der Waals surface area contributed by atoms with Crippen LogP contribution in [0.3, 0.4) is 0 Å². The number of amides is 3. The number of carbonyl (C=O) groups excluding carboxylic acids is 3. The van der Waals surface area contributed by atoms with E-state index in [0.29, 0.717) is 24.3 Å². The van der Waals surface area contributed by atoms with Crippen LogP contribution >= 0.6 is 0 Å². The molecule has 1 N–H and O–H groups in total. The molecule has 1 aliphatic rings. The van der Waals surface area contributed by atoms with Gasteiger partial charge in [0.1, 0.15) is 0 Å². The number of hydrogen-bond donors (Lipinski definition) is 1. The van der Waals surface area contributed by atoms with Crippen LogP contribution in [0.2, 0.25) is 0 Å². The Hall–Kier alpha value is -3.15. The fourth-order valence-electron chi connectivity index (χ4n) is 3.10. The lowest BCUT2D eigenvalue weighted by atomic mass is 10.1. The molecule has 27 heavy (non-hydrogen) atoms. The van der Waals surface area contributed by atoms with E-state index in [2.05, 4.69) is 5.32 Å². The van der Waals surface area contributed by atoms with Gasteiger partial charge in [-0.05, 0) is 29.8 Å². The van der Waals surface area contributed by atoms with Crippen LogP contribution in [0.1, 0.15) is 22.3 Å². The summed E-state index contributed by atoms with van der Waals surface area (Å²) in [4.78, 5) is 39.9. The number of anilines is 1. The summed E-state index contributed by atoms with van der Waals surface area (Å²) in [5.41, 5.74) is 2.22. The number of benzene rings is 2. The standard InChI is InChI=1S/C21H23N3O3/c1-23(2)21(27)16-8-10-18(11-9-16)22-20(26)17-12-19(25)24(14-17)13-15-6-4-3-5-7-15/h3-11,17H,12-14H2,1-2H3,(H,22,26). The van der Waals surface area contributed by atoms with Gasteiger partial charge in [0.05, 0.1) is 5.92 Å². The minimum absolute atomic E-state index is 0.00840. The van der Waals surface area contributed by atoms with Crippen LogP contribution in [-0.2, 0) is 16.1 Å². The molecule has 2 aromatic carbocycles. The van der Waals surface area contributed by atoms with E-state index < -0.39 is 0 Å². The van der Waals surface area contributed by atoms with Crippen molar-refractivity contribution in [2.45, 2.75) is 13.0 Å². The SMILES string of the molecule is CN(C)C(=O)c1ccc(NC(=O)C2CC(=O)N(Cc3ccccc3)C2)cc1. The van der Waals surface area contributed by atoms with E-state index in [1.54, 1.807) is 43.3 Å². The monoisotopic (exact) mass is 365 g/mol. The minimum Gasteiger partial charge on any atom is -0.345 e. The van der Waals surface area contributed by atoms with Crippen LogP contribution in [0.5, 0.6) is 0 Å². The molecule has 140 valence electrons. The average Bonchev–Trinajstić information content (AvgIpc) is 3.03. The summed E-state index contributed by atoms with van der Waals surface area (Å²) in [7, 11) is 3.38. The molecule has 1 saturated heterocycles. The third-order valence-corrected chi connectivity index (χ3v) is 4.61. The summed E-state index contributed by atoms with van der Waals surface area (Å²) in [6.45, 7) is 0.932. The van der Waals surface area contributed by atoms with Gasteiger partial charge in [-0.2, -0.15) is 0 Å². The third-order valence-electron chi connectivity index (χ3n) is 4.61. The highest BCUT2D eigenvalue weighted by atomic mass is 16.2. The van der Waals surface area contributed by atoms with E-state index in [0.717, 1.165) is 5.56 Å². The van der Waals surface area contributed by atoms with Crippen LogP contribution in [0.15, 0.2) is 54.6 Å². The van der Waals surface area contributed by atoms with Gasteiger partial charge in [-0.25, -0.2) is 0 Å². The molecule has 0 bridgehead atoms. The quantitative estimate of drug-likeness (QED) is 0.884. The molecule has 1 heterocycles. The predicted octanol–water partition coefficient (Wildman–Crippen LogP) is 2.38. The van der Waals surface area contributed by atoms with Gasteiger partial charge in [0, 0.05) is 44.9 Å². The van der Waals surface area contributed by atoms with Crippen LogP contribution in [0, 0.1) is 5.92 Å². The summed E-state index contributed by atoms with van der Waals surface area (Å²) in [5.74, 6) is -0.647. The maximum Gasteiger partial charge on any atom is 0.253 e. The summed E-state index contributed by atoms with van der Waals surface area (Å²) >= 11 is 0. The number of rotatable bonds is 5. The molecule has 0 radical (unpaired) electrons. The maximum absolute atomic E-state index is 12.5. The molecule has 1 fully saturated rings. The molecule has 1 unspecified atom stereocenters. The highest BCUT2D eigenvalue weighted by Crippen LogP contribution is 2.22. The van der Waals surface area contributed by atoms with Crippen molar-refractivity contribution in [3.8, 4) is 0 Å². The average molecular weight is 365 g/mol. The van der Waals surface area contributed by atoms with Crippen molar-refractivity contribution in [2.24, 2.45) is 5.92 Å². The normalized spacial score (nSPS) is 16.3. The van der Waals surface area contributed by atoms with Crippen molar-refractivity contribution in [3.63, 3.8) is 0 Å². The molecule has 0 saturated carbocycles. The fourth-order valence-corrected chi connectivity index (χ4v) is 3.10. The Morgan fingerprint density at radius 1 is 1.07 bits per heavy atom. The Morgan fingerprint density at radius 2 is 1.74 bits per heavy atom. The Balaban J connectivity index is 1.58. The van der Waals surface area contributed by atoms with E-state index in [4.69, 9.17) is 0 Å². The molecule has 2 aromatic rings. The van der Waals surface area contributed by atoms with Crippen molar-refractivity contribution < 1.29 is 14.4 Å². The molecule has 1 atom stereocenters. The van der Waals surface area contributed by atoms with Crippen LogP contribution in [0.4, 0.5) is 5.69 Å². The summed E-state index contributed by atoms with van der Waals surface area (Å²) in [6.07, 6.45) is 0.218. The van der Waals surface area contributed by atoms with Crippen LogP contribution < -0.4 is 5.32 Å². The first-order valence-corrected chi connectivity index (χ1v) is 8.88. The largest absolute Gasteiger partial charge is 0.345 e. The van der Waals surface area contributed by atoms with Crippen molar-refractivity contribution in [1.29, 1.82) is 0 Å². The second kappa shape index (κ2) is 8.03. The van der Waals surface area contributed by atoms with E-state index in [-0.39, 0.29) is 30.1 Å². The molecular formula is C21H23N3O3. The summed E-state index contributed by atoms with van der Waals surface area (Å²) < 4.78 is 0. The predicted molar refractivity (Wildman–Crippen MR) is 103 cm³/mol. The lowest BCUT2D eigenvalue weighted by molar-refractivity contribution is -0.128. The molecule has 6 heteroatoms. The fraction of sp³-hybridized carbons (Fsp3) is 0.286. The first kappa shape index (κ1) is 18.6. The molecule has 3 rings (SSSR count). The Kier molecular flexibility index (Phi) is 5.54. The van der Waals surface area contributed by atoms with Gasteiger partial charge < -0.3 is 15.1 Å². The van der Waals surface area contributed by atoms with Crippen molar-refractivity contribution in [1.82, 2.24) is 9.80 Å². The van der Waals surface area contributed by atoms with Gasteiger partial charge >= 0.3 is 0 Å². The first-order valence-electron chi connectivity index (χ1n) is 8.88. The van der Waals surface area contributed by atoms with Crippen LogP contribution in [0.25, 0.3) is 0 Å². The number of likely N-dealkylation sites (tertiary alicyclic amines) is 1. The number of nitrogens with zero attached hydrogens (tertiary/aromatic N) is 2. The van der Waals surface area contributed by atoms with Crippen molar-refractivity contribution >= 4 is 23.4 Å². The van der Waals surface area contributed by atoms with Crippen molar-refractivity contribution in [2.75, 3.05) is 26.0 Å². The zero-order valence-corrected chi connectivity index (χ0v) is 15.5. The van der Waals surface area contributed by atoms with Gasteiger partial charge in [-0.3, -0.25) is 14.4 Å². The van der Waals surface area contributed by atoms with E-state index in [1.165, 1.54) is 4.90 Å². The highest BCUT2D eigenvalue weighted by Gasteiger charge is 2.34. The van der Waals surface area contributed by atoms with Gasteiger partial charge in [-0.15, -0.1) is 0 Å². The summed E-state index contributed by atoms with van der Waals surface area (Å²) in [6, 6.07) is 16.5. The second-order valence-corrected chi connectivity index (χ2v) is 6.93. The first-order chi connectivity index (χ1) is 12.9. The molecule has 3 amide bonds. The summed E-state index contributed by atoms with van der Waals surface area (Å²) in [5, 5.41) is 2.84. The lowest BCUT2D eigenvalue weighted by Gasteiger charge is -2.16. The van der Waals surface area contributed by atoms with Gasteiger partial charge in [0.25, 0.3) is 5.91 Å². The highest BCUT2D eigenvalue weighted by molar-refractivity contribution is 5.98. The molecule has 0 aromatic heterocycles. The van der Waals surface area contributed by atoms with Crippen LogP contribution in [-0.4, -0.2) is 48.2 Å². The molecule has 0 spiro atoms. The smallest absolute Gasteiger partial charge is 0.253 e. The number of nitrogens with one attached hydrogen (secondary N) is 1. The van der Waals surface area contributed by atoms with Gasteiger partial charge in [0.15, 0.2) is 0 Å². The van der Waals surface area contributed by atoms with E-state index in [9.17, 15) is 14.4 Å². The van der Waals surface area contributed by atoms with E-state index >= 15 is 0 Å². The molecular weight excluding hydrogens is 342 g/mol. The topological polar surface area (TPSA) is 69.7 Å². The van der Waals surface area contributed by atoms with Gasteiger partial charge in [-0.1, -0.05) is 30.3 Å². The van der Waals surface area contributed by atoms with Gasteiger partial charge in [0.2, 0.25) is 11.8 Å². The Bertz CT molecular complexity index is 832. The minimum atomic E-state index is -0.371. The lowest BCUT2D eigenvalue weighted by Crippen LogP contribution is -2.28.